The van der Waals surface area contributed by atoms with Crippen LogP contribution in [-0.2, 0) is 9.59 Å². The summed E-state index contributed by atoms with van der Waals surface area (Å²) >= 11 is 0. The maximum absolute atomic E-state index is 12.7. The Hall–Kier alpha value is -1.50. The molecule has 0 aromatic carbocycles. The van der Waals surface area contributed by atoms with E-state index in [1.54, 1.807) is 4.90 Å². The van der Waals surface area contributed by atoms with Gasteiger partial charge in [-0.15, -0.1) is 12.3 Å². The zero-order valence-corrected chi connectivity index (χ0v) is 12.5. The van der Waals surface area contributed by atoms with Crippen LogP contribution in [0.15, 0.2) is 0 Å². The molecule has 110 valence electrons. The molecule has 0 aromatic rings. The van der Waals surface area contributed by atoms with Crippen LogP contribution in [0.25, 0.3) is 0 Å². The van der Waals surface area contributed by atoms with Crippen molar-refractivity contribution in [3.05, 3.63) is 0 Å². The number of piperazine rings is 1. The van der Waals surface area contributed by atoms with E-state index in [4.69, 9.17) is 6.42 Å². The maximum Gasteiger partial charge on any atom is 0.246 e. The van der Waals surface area contributed by atoms with Crippen LogP contribution in [0.4, 0.5) is 0 Å². The van der Waals surface area contributed by atoms with Crippen LogP contribution in [0.2, 0.25) is 0 Å². The minimum absolute atomic E-state index is 0.125. The monoisotopic (exact) mass is 276 g/mol. The van der Waals surface area contributed by atoms with Crippen molar-refractivity contribution in [2.45, 2.75) is 58.0 Å². The van der Waals surface area contributed by atoms with Crippen molar-refractivity contribution < 1.29 is 9.59 Å². The van der Waals surface area contributed by atoms with Crippen molar-refractivity contribution in [2.24, 2.45) is 5.92 Å². The topological polar surface area (TPSA) is 40.6 Å². The second-order valence-electron chi connectivity index (χ2n) is 6.07. The first-order chi connectivity index (χ1) is 9.57. The van der Waals surface area contributed by atoms with Crippen molar-refractivity contribution in [1.82, 2.24) is 9.80 Å². The lowest BCUT2D eigenvalue weighted by atomic mass is 9.90. The Bertz CT molecular complexity index is 425. The van der Waals surface area contributed by atoms with Gasteiger partial charge in [-0.2, -0.15) is 0 Å². The van der Waals surface area contributed by atoms with E-state index in [9.17, 15) is 9.59 Å². The van der Waals surface area contributed by atoms with Gasteiger partial charge in [0.25, 0.3) is 0 Å². The van der Waals surface area contributed by atoms with E-state index in [1.807, 2.05) is 18.7 Å². The fourth-order valence-electron chi connectivity index (χ4n) is 3.33. The molecule has 0 aromatic heterocycles. The molecule has 2 amide bonds. The SMILES string of the molecule is C#CCCCN1C(=O)C2CCCCN2C(=O)C1C(C)C. The molecule has 20 heavy (non-hydrogen) atoms. The van der Waals surface area contributed by atoms with E-state index in [1.165, 1.54) is 0 Å². The highest BCUT2D eigenvalue weighted by molar-refractivity contribution is 5.97. The van der Waals surface area contributed by atoms with Gasteiger partial charge < -0.3 is 9.80 Å². The molecule has 2 unspecified atom stereocenters. The molecule has 2 fully saturated rings. The van der Waals surface area contributed by atoms with Crippen LogP contribution in [-0.4, -0.2) is 46.8 Å². The first-order valence-electron chi connectivity index (χ1n) is 7.62. The minimum atomic E-state index is -0.311. The number of nitrogens with zero attached hydrogens (tertiary/aromatic N) is 2. The number of unbranched alkanes of at least 4 members (excludes halogenated alkanes) is 1. The van der Waals surface area contributed by atoms with Gasteiger partial charge in [0.15, 0.2) is 0 Å². The summed E-state index contributed by atoms with van der Waals surface area (Å²) in [7, 11) is 0. The molecule has 2 rings (SSSR count). The molecule has 0 radical (unpaired) electrons. The lowest BCUT2D eigenvalue weighted by Crippen LogP contribution is -2.67. The minimum Gasteiger partial charge on any atom is -0.329 e. The summed E-state index contributed by atoms with van der Waals surface area (Å²) in [5, 5.41) is 0. The third-order valence-electron chi connectivity index (χ3n) is 4.29. The van der Waals surface area contributed by atoms with Gasteiger partial charge in [-0.25, -0.2) is 0 Å². The quantitative estimate of drug-likeness (QED) is 0.578. The Kier molecular flexibility index (Phi) is 4.69. The van der Waals surface area contributed by atoms with Gasteiger partial charge in [-0.05, 0) is 31.6 Å². The highest BCUT2D eigenvalue weighted by Gasteiger charge is 2.47. The van der Waals surface area contributed by atoms with Gasteiger partial charge in [0.1, 0.15) is 12.1 Å². The highest BCUT2D eigenvalue weighted by Crippen LogP contribution is 2.29. The summed E-state index contributed by atoms with van der Waals surface area (Å²) in [4.78, 5) is 29.0. The Balaban J connectivity index is 2.20. The highest BCUT2D eigenvalue weighted by atomic mass is 16.2. The number of rotatable bonds is 4. The van der Waals surface area contributed by atoms with Crippen molar-refractivity contribution in [3.8, 4) is 12.3 Å². The van der Waals surface area contributed by atoms with E-state index in [0.29, 0.717) is 13.0 Å². The Morgan fingerprint density at radius 1 is 1.30 bits per heavy atom. The zero-order valence-electron chi connectivity index (χ0n) is 12.5. The number of piperidine rings is 1. The Morgan fingerprint density at radius 3 is 2.70 bits per heavy atom. The fourth-order valence-corrected chi connectivity index (χ4v) is 3.33. The van der Waals surface area contributed by atoms with E-state index in [-0.39, 0.29) is 29.8 Å². The van der Waals surface area contributed by atoms with Gasteiger partial charge in [-0.1, -0.05) is 13.8 Å². The van der Waals surface area contributed by atoms with Crippen LogP contribution >= 0.6 is 0 Å². The number of carbonyl (C=O) groups is 2. The number of hydrogen-bond acceptors (Lipinski definition) is 2. The van der Waals surface area contributed by atoms with Gasteiger partial charge in [0.2, 0.25) is 11.8 Å². The first kappa shape index (κ1) is 14.9. The summed E-state index contributed by atoms with van der Waals surface area (Å²) in [5.41, 5.74) is 0. The van der Waals surface area contributed by atoms with Gasteiger partial charge >= 0.3 is 0 Å². The Labute approximate surface area is 121 Å². The van der Waals surface area contributed by atoms with Crippen LogP contribution in [0.3, 0.4) is 0 Å². The molecular weight excluding hydrogens is 252 g/mol. The van der Waals surface area contributed by atoms with E-state index < -0.39 is 0 Å². The molecule has 0 bridgehead atoms. The average molecular weight is 276 g/mol. The van der Waals surface area contributed by atoms with E-state index in [2.05, 4.69) is 5.92 Å². The molecule has 2 heterocycles. The molecular formula is C16H24N2O2. The molecule has 0 N–H and O–H groups in total. The first-order valence-corrected chi connectivity index (χ1v) is 7.62. The molecule has 4 heteroatoms. The summed E-state index contributed by atoms with van der Waals surface area (Å²) < 4.78 is 0. The van der Waals surface area contributed by atoms with Crippen molar-refractivity contribution in [1.29, 1.82) is 0 Å². The molecule has 4 nitrogen and oxygen atoms in total. The zero-order chi connectivity index (χ0) is 14.7. The molecule has 2 atom stereocenters. The van der Waals surface area contributed by atoms with E-state index in [0.717, 1.165) is 32.2 Å². The molecule has 0 saturated carbocycles. The van der Waals surface area contributed by atoms with Crippen molar-refractivity contribution in [2.75, 3.05) is 13.1 Å². The second-order valence-corrected chi connectivity index (χ2v) is 6.07. The van der Waals surface area contributed by atoms with E-state index >= 15 is 0 Å². The van der Waals surface area contributed by atoms with Crippen LogP contribution in [0, 0.1) is 18.3 Å². The largest absolute Gasteiger partial charge is 0.329 e. The summed E-state index contributed by atoms with van der Waals surface area (Å²) in [5.74, 6) is 2.99. The van der Waals surface area contributed by atoms with Crippen molar-refractivity contribution in [3.63, 3.8) is 0 Å². The molecule has 0 spiro atoms. The second kappa shape index (κ2) is 6.30. The molecule has 2 aliphatic heterocycles. The van der Waals surface area contributed by atoms with Crippen molar-refractivity contribution >= 4 is 11.8 Å². The predicted octanol–water partition coefficient (Wildman–Crippen LogP) is 1.65. The molecule has 2 saturated heterocycles. The number of hydrogen-bond donors (Lipinski definition) is 0. The smallest absolute Gasteiger partial charge is 0.246 e. The summed E-state index contributed by atoms with van der Waals surface area (Å²) in [6.45, 7) is 5.35. The number of fused-ring (bicyclic) bond motifs is 1. The third kappa shape index (κ3) is 2.67. The Morgan fingerprint density at radius 2 is 2.05 bits per heavy atom. The maximum atomic E-state index is 12.7. The lowest BCUT2D eigenvalue weighted by Gasteiger charge is -2.48. The summed E-state index contributed by atoms with van der Waals surface area (Å²) in [6.07, 6.45) is 9.55. The number of carbonyl (C=O) groups excluding carboxylic acids is 2. The molecule has 2 aliphatic rings. The van der Waals surface area contributed by atoms with Crippen LogP contribution in [0.5, 0.6) is 0 Å². The van der Waals surface area contributed by atoms with Gasteiger partial charge in [0.05, 0.1) is 0 Å². The van der Waals surface area contributed by atoms with Crippen LogP contribution < -0.4 is 0 Å². The normalized spacial score (nSPS) is 26.7. The van der Waals surface area contributed by atoms with Gasteiger partial charge in [-0.3, -0.25) is 9.59 Å². The number of terminal acetylenes is 1. The van der Waals surface area contributed by atoms with Crippen LogP contribution in [0.1, 0.15) is 46.0 Å². The standard InChI is InChI=1S/C16H24N2O2/c1-4-5-7-11-18-14(12(2)3)16(20)17-10-8-6-9-13(17)15(18)19/h1,12-14H,5-11H2,2-3H3. The third-order valence-corrected chi connectivity index (χ3v) is 4.29. The van der Waals surface area contributed by atoms with Gasteiger partial charge in [0, 0.05) is 19.5 Å². The lowest BCUT2D eigenvalue weighted by molar-refractivity contribution is -0.165. The fraction of sp³-hybridized carbons (Fsp3) is 0.750. The number of amides is 2. The average Bonchev–Trinajstić information content (AvgIpc) is 2.44. The summed E-state index contributed by atoms with van der Waals surface area (Å²) in [6, 6.07) is -0.535. The predicted molar refractivity (Wildman–Crippen MR) is 77.8 cm³/mol. The molecule has 0 aliphatic carbocycles.